The standard InChI is InChI=1S/C19H16N8/c1-25-17-10-23-15-4-3-12(16-5-6-24-26(16)2)7-14(15)18(17)27(19(25)20)13-8-21-11-22-9-13/h3-11,20H,1-2H3. The third-order valence-electron chi connectivity index (χ3n) is 4.86. The Morgan fingerprint density at radius 2 is 1.81 bits per heavy atom. The second kappa shape index (κ2) is 5.60. The summed E-state index contributed by atoms with van der Waals surface area (Å²) in [5.41, 5.74) is 5.79. The summed E-state index contributed by atoms with van der Waals surface area (Å²) in [6.07, 6.45) is 8.49. The average molecular weight is 356 g/mol. The van der Waals surface area contributed by atoms with Crippen LogP contribution in [0.5, 0.6) is 0 Å². The summed E-state index contributed by atoms with van der Waals surface area (Å²) in [6.45, 7) is 0. The van der Waals surface area contributed by atoms with Gasteiger partial charge in [-0.2, -0.15) is 5.10 Å². The third-order valence-corrected chi connectivity index (χ3v) is 4.86. The number of nitrogens with zero attached hydrogens (tertiary/aromatic N) is 7. The van der Waals surface area contributed by atoms with Crippen molar-refractivity contribution in [3.63, 3.8) is 0 Å². The fourth-order valence-electron chi connectivity index (χ4n) is 3.49. The number of aromatic nitrogens is 7. The fraction of sp³-hybridized carbons (Fsp3) is 0.105. The molecule has 0 saturated carbocycles. The Labute approximate surface area is 153 Å². The Morgan fingerprint density at radius 1 is 1.00 bits per heavy atom. The summed E-state index contributed by atoms with van der Waals surface area (Å²) < 4.78 is 5.51. The van der Waals surface area contributed by atoms with Gasteiger partial charge in [-0.15, -0.1) is 0 Å². The highest BCUT2D eigenvalue weighted by Gasteiger charge is 2.15. The summed E-state index contributed by atoms with van der Waals surface area (Å²) >= 11 is 0. The first-order valence-electron chi connectivity index (χ1n) is 8.43. The Kier molecular flexibility index (Phi) is 3.20. The average Bonchev–Trinajstić information content (AvgIpc) is 3.24. The van der Waals surface area contributed by atoms with Crippen LogP contribution in [0.15, 0.2) is 55.4 Å². The van der Waals surface area contributed by atoms with Crippen LogP contribution in [0.4, 0.5) is 0 Å². The number of rotatable bonds is 2. The van der Waals surface area contributed by atoms with Crippen molar-refractivity contribution in [2.24, 2.45) is 14.1 Å². The molecular weight excluding hydrogens is 340 g/mol. The maximum absolute atomic E-state index is 8.59. The third kappa shape index (κ3) is 2.20. The van der Waals surface area contributed by atoms with Gasteiger partial charge < -0.3 is 4.57 Å². The molecule has 0 radical (unpaired) electrons. The van der Waals surface area contributed by atoms with Crippen molar-refractivity contribution in [3.8, 4) is 16.9 Å². The maximum Gasteiger partial charge on any atom is 0.207 e. The van der Waals surface area contributed by atoms with E-state index in [1.54, 1.807) is 24.8 Å². The first-order valence-corrected chi connectivity index (χ1v) is 8.43. The number of aryl methyl sites for hydroxylation is 2. The van der Waals surface area contributed by atoms with Gasteiger partial charge in [0.05, 0.1) is 46.5 Å². The first kappa shape index (κ1) is 15.4. The van der Waals surface area contributed by atoms with Crippen LogP contribution >= 0.6 is 0 Å². The monoisotopic (exact) mass is 356 g/mol. The van der Waals surface area contributed by atoms with Gasteiger partial charge in [0.25, 0.3) is 0 Å². The lowest BCUT2D eigenvalue weighted by molar-refractivity contribution is 0.776. The molecule has 0 aliphatic heterocycles. The summed E-state index contributed by atoms with van der Waals surface area (Å²) in [7, 11) is 3.79. The van der Waals surface area contributed by atoms with E-state index in [1.807, 2.05) is 46.1 Å². The maximum atomic E-state index is 8.59. The molecule has 0 unspecified atom stereocenters. The molecular formula is C19H16N8. The summed E-state index contributed by atoms with van der Waals surface area (Å²) in [4.78, 5) is 12.8. The lowest BCUT2D eigenvalue weighted by atomic mass is 10.1. The van der Waals surface area contributed by atoms with Crippen LogP contribution < -0.4 is 5.62 Å². The summed E-state index contributed by atoms with van der Waals surface area (Å²) in [6, 6.07) is 8.12. The predicted molar refractivity (Wildman–Crippen MR) is 101 cm³/mol. The molecule has 0 amide bonds. The molecule has 1 N–H and O–H groups in total. The first-order chi connectivity index (χ1) is 13.1. The Hall–Kier alpha value is -3.81. The van der Waals surface area contributed by atoms with E-state index < -0.39 is 0 Å². The molecule has 4 aromatic heterocycles. The molecule has 4 heterocycles. The van der Waals surface area contributed by atoms with Gasteiger partial charge in [-0.25, -0.2) is 9.97 Å². The highest BCUT2D eigenvalue weighted by Crippen LogP contribution is 2.29. The van der Waals surface area contributed by atoms with Gasteiger partial charge in [0.2, 0.25) is 5.62 Å². The zero-order valence-corrected chi connectivity index (χ0v) is 14.8. The number of nitrogens with one attached hydrogen (secondary N) is 1. The van der Waals surface area contributed by atoms with Crippen molar-refractivity contribution >= 4 is 21.9 Å². The van der Waals surface area contributed by atoms with E-state index in [0.29, 0.717) is 5.62 Å². The second-order valence-electron chi connectivity index (χ2n) is 6.38. The predicted octanol–water partition coefficient (Wildman–Crippen LogP) is 2.19. The SMILES string of the molecule is Cn1nccc1-c1ccc2ncc3c(c2c1)n(-c1cncnc1)c(=N)n3C. The van der Waals surface area contributed by atoms with Crippen molar-refractivity contribution in [2.45, 2.75) is 0 Å². The normalized spacial score (nSPS) is 11.5. The number of pyridine rings is 1. The smallest absolute Gasteiger partial charge is 0.207 e. The van der Waals surface area contributed by atoms with Crippen molar-refractivity contribution in [1.29, 1.82) is 5.41 Å². The molecule has 0 atom stereocenters. The van der Waals surface area contributed by atoms with Crippen molar-refractivity contribution in [3.05, 3.63) is 61.0 Å². The molecule has 0 aliphatic carbocycles. The minimum Gasteiger partial charge on any atom is -0.312 e. The molecule has 0 aliphatic rings. The topological polar surface area (TPSA) is 90.2 Å². The number of hydrogen-bond donors (Lipinski definition) is 1. The molecule has 0 saturated heterocycles. The van der Waals surface area contributed by atoms with Gasteiger partial charge >= 0.3 is 0 Å². The molecule has 5 rings (SSSR count). The van der Waals surface area contributed by atoms with E-state index in [-0.39, 0.29) is 0 Å². The largest absolute Gasteiger partial charge is 0.312 e. The van der Waals surface area contributed by atoms with E-state index in [4.69, 9.17) is 5.41 Å². The van der Waals surface area contributed by atoms with E-state index in [9.17, 15) is 0 Å². The lowest BCUT2D eigenvalue weighted by Gasteiger charge is -2.08. The zero-order chi connectivity index (χ0) is 18.5. The number of hydrogen-bond acceptors (Lipinski definition) is 5. The molecule has 132 valence electrons. The van der Waals surface area contributed by atoms with Crippen LogP contribution in [-0.4, -0.2) is 33.9 Å². The van der Waals surface area contributed by atoms with Crippen LogP contribution in [0.2, 0.25) is 0 Å². The van der Waals surface area contributed by atoms with Crippen LogP contribution in [0, 0.1) is 5.41 Å². The second-order valence-corrected chi connectivity index (χ2v) is 6.38. The Morgan fingerprint density at radius 3 is 2.56 bits per heavy atom. The number of benzene rings is 1. The number of imidazole rings is 1. The summed E-state index contributed by atoms with van der Waals surface area (Å²) in [5, 5.41) is 13.8. The van der Waals surface area contributed by atoms with Gasteiger partial charge in [0.1, 0.15) is 6.33 Å². The van der Waals surface area contributed by atoms with Crippen LogP contribution in [0.25, 0.3) is 38.9 Å². The highest BCUT2D eigenvalue weighted by atomic mass is 15.3. The lowest BCUT2D eigenvalue weighted by Crippen LogP contribution is -2.21. The van der Waals surface area contributed by atoms with Crippen LogP contribution in [0.1, 0.15) is 0 Å². The molecule has 8 nitrogen and oxygen atoms in total. The van der Waals surface area contributed by atoms with Gasteiger partial charge in [0.15, 0.2) is 0 Å². The molecule has 5 aromatic rings. The van der Waals surface area contributed by atoms with E-state index >= 15 is 0 Å². The molecule has 0 bridgehead atoms. The van der Waals surface area contributed by atoms with Crippen LogP contribution in [-0.2, 0) is 14.1 Å². The molecule has 1 aromatic carbocycles. The fourth-order valence-corrected chi connectivity index (χ4v) is 3.49. The zero-order valence-electron chi connectivity index (χ0n) is 14.8. The molecule has 27 heavy (non-hydrogen) atoms. The molecule has 0 fully saturated rings. The van der Waals surface area contributed by atoms with Gasteiger partial charge in [-0.1, -0.05) is 6.07 Å². The summed E-state index contributed by atoms with van der Waals surface area (Å²) in [5.74, 6) is 0. The minimum absolute atomic E-state index is 0.333. The van der Waals surface area contributed by atoms with Gasteiger partial charge in [0, 0.05) is 31.2 Å². The van der Waals surface area contributed by atoms with Crippen molar-refractivity contribution in [2.75, 3.05) is 0 Å². The van der Waals surface area contributed by atoms with Gasteiger partial charge in [-0.3, -0.25) is 19.6 Å². The quantitative estimate of drug-likeness (QED) is 0.525. The Balaban J connectivity index is 1.93. The van der Waals surface area contributed by atoms with E-state index in [2.05, 4.69) is 26.1 Å². The minimum atomic E-state index is 0.333. The Bertz CT molecular complexity index is 1360. The van der Waals surface area contributed by atoms with E-state index in [0.717, 1.165) is 38.9 Å². The van der Waals surface area contributed by atoms with Gasteiger partial charge in [-0.05, 0) is 18.2 Å². The highest BCUT2D eigenvalue weighted by molar-refractivity contribution is 6.04. The van der Waals surface area contributed by atoms with Crippen molar-refractivity contribution < 1.29 is 0 Å². The van der Waals surface area contributed by atoms with E-state index in [1.165, 1.54) is 6.33 Å². The van der Waals surface area contributed by atoms with Crippen LogP contribution in [0.3, 0.4) is 0 Å². The molecule has 0 spiro atoms. The number of fused-ring (bicyclic) bond motifs is 3. The molecule has 8 heteroatoms. The van der Waals surface area contributed by atoms with Crippen molar-refractivity contribution in [1.82, 2.24) is 33.9 Å².